The molecule has 0 bridgehead atoms. The lowest BCUT2D eigenvalue weighted by Gasteiger charge is -2.19. The Labute approximate surface area is 149 Å². The number of amides is 1. The standard InChI is InChI=1S/C22H26N2O/c1-22(2,3)18-9-5-16(6-10-18)7-12-21(25)23-19-11-8-17-13-14-24(4)20(17)15-19/h5-6,8-11,13-15H,7,12H2,1-4H3,(H,23,25). The first-order chi connectivity index (χ1) is 11.8. The predicted octanol–water partition coefficient (Wildman–Crippen LogP) is 5.05. The lowest BCUT2D eigenvalue weighted by Crippen LogP contribution is -2.13. The monoisotopic (exact) mass is 334 g/mol. The molecule has 1 heterocycles. The maximum absolute atomic E-state index is 12.3. The molecular weight excluding hydrogens is 308 g/mol. The van der Waals surface area contributed by atoms with Crippen LogP contribution in [0.25, 0.3) is 10.9 Å². The summed E-state index contributed by atoms with van der Waals surface area (Å²) in [6.45, 7) is 6.62. The molecule has 0 unspecified atom stereocenters. The Kier molecular flexibility index (Phi) is 4.67. The molecule has 1 amide bonds. The lowest BCUT2D eigenvalue weighted by atomic mass is 9.86. The van der Waals surface area contributed by atoms with E-state index in [2.05, 4.69) is 61.0 Å². The first kappa shape index (κ1) is 17.3. The molecule has 0 aliphatic heterocycles. The maximum Gasteiger partial charge on any atom is 0.224 e. The van der Waals surface area contributed by atoms with Crippen LogP contribution in [-0.4, -0.2) is 10.5 Å². The van der Waals surface area contributed by atoms with Gasteiger partial charge in [-0.3, -0.25) is 4.79 Å². The molecule has 130 valence electrons. The molecule has 0 saturated heterocycles. The van der Waals surface area contributed by atoms with E-state index in [-0.39, 0.29) is 11.3 Å². The van der Waals surface area contributed by atoms with E-state index >= 15 is 0 Å². The van der Waals surface area contributed by atoms with Crippen molar-refractivity contribution in [2.75, 3.05) is 5.32 Å². The molecule has 3 heteroatoms. The number of hydrogen-bond acceptors (Lipinski definition) is 1. The smallest absolute Gasteiger partial charge is 0.224 e. The predicted molar refractivity (Wildman–Crippen MR) is 105 cm³/mol. The maximum atomic E-state index is 12.3. The summed E-state index contributed by atoms with van der Waals surface area (Å²) in [6.07, 6.45) is 3.26. The number of anilines is 1. The van der Waals surface area contributed by atoms with E-state index in [9.17, 15) is 4.79 Å². The quantitative estimate of drug-likeness (QED) is 0.712. The number of aryl methyl sites for hydroxylation is 2. The van der Waals surface area contributed by atoms with E-state index in [0.717, 1.165) is 17.6 Å². The van der Waals surface area contributed by atoms with E-state index in [0.29, 0.717) is 6.42 Å². The molecule has 0 radical (unpaired) electrons. The van der Waals surface area contributed by atoms with Gasteiger partial charge in [-0.15, -0.1) is 0 Å². The Morgan fingerprint density at radius 1 is 1.04 bits per heavy atom. The first-order valence-corrected chi connectivity index (χ1v) is 8.77. The van der Waals surface area contributed by atoms with E-state index < -0.39 is 0 Å². The van der Waals surface area contributed by atoms with Gasteiger partial charge in [0.05, 0.1) is 0 Å². The van der Waals surface area contributed by atoms with Gasteiger partial charge in [0.2, 0.25) is 5.91 Å². The van der Waals surface area contributed by atoms with Crippen LogP contribution < -0.4 is 5.32 Å². The number of benzene rings is 2. The summed E-state index contributed by atoms with van der Waals surface area (Å²) in [5.74, 6) is 0.0495. The number of aromatic nitrogens is 1. The highest BCUT2D eigenvalue weighted by Crippen LogP contribution is 2.23. The number of nitrogens with zero attached hydrogens (tertiary/aromatic N) is 1. The van der Waals surface area contributed by atoms with E-state index in [1.54, 1.807) is 0 Å². The largest absolute Gasteiger partial charge is 0.350 e. The Bertz CT molecular complexity index is 883. The van der Waals surface area contributed by atoms with Crippen LogP contribution in [0.4, 0.5) is 5.69 Å². The third-order valence-corrected chi connectivity index (χ3v) is 4.63. The van der Waals surface area contributed by atoms with Crippen LogP contribution in [0.2, 0.25) is 0 Å². The van der Waals surface area contributed by atoms with Crippen LogP contribution in [-0.2, 0) is 23.7 Å². The van der Waals surface area contributed by atoms with Gasteiger partial charge in [-0.1, -0.05) is 51.1 Å². The van der Waals surface area contributed by atoms with Crippen LogP contribution in [0.3, 0.4) is 0 Å². The fourth-order valence-corrected chi connectivity index (χ4v) is 2.99. The minimum absolute atomic E-state index is 0.0495. The fraction of sp³-hybridized carbons (Fsp3) is 0.318. The van der Waals surface area contributed by atoms with Gasteiger partial charge < -0.3 is 9.88 Å². The third kappa shape index (κ3) is 4.11. The van der Waals surface area contributed by atoms with Crippen molar-refractivity contribution in [1.29, 1.82) is 0 Å². The van der Waals surface area contributed by atoms with Crippen molar-refractivity contribution in [2.45, 2.75) is 39.0 Å². The summed E-state index contributed by atoms with van der Waals surface area (Å²) in [6, 6.07) is 16.7. The van der Waals surface area contributed by atoms with Crippen molar-refractivity contribution in [1.82, 2.24) is 4.57 Å². The molecule has 0 aliphatic carbocycles. The summed E-state index contributed by atoms with van der Waals surface area (Å²) < 4.78 is 2.06. The van der Waals surface area contributed by atoms with Crippen LogP contribution in [0, 0.1) is 0 Å². The zero-order chi connectivity index (χ0) is 18.0. The number of carbonyl (C=O) groups excluding carboxylic acids is 1. The minimum atomic E-state index is 0.0495. The molecule has 3 rings (SSSR count). The van der Waals surface area contributed by atoms with Crippen molar-refractivity contribution in [3.05, 3.63) is 65.9 Å². The Balaban J connectivity index is 1.59. The van der Waals surface area contributed by atoms with Crippen LogP contribution in [0.1, 0.15) is 38.3 Å². The number of fused-ring (bicyclic) bond motifs is 1. The molecular formula is C22H26N2O. The topological polar surface area (TPSA) is 34.0 Å². The molecule has 0 fully saturated rings. The second-order valence-corrected chi connectivity index (χ2v) is 7.70. The van der Waals surface area contributed by atoms with Crippen molar-refractivity contribution in [3.63, 3.8) is 0 Å². The fourth-order valence-electron chi connectivity index (χ4n) is 2.99. The second kappa shape index (κ2) is 6.75. The number of carbonyl (C=O) groups is 1. The van der Waals surface area contributed by atoms with Crippen molar-refractivity contribution >= 4 is 22.5 Å². The van der Waals surface area contributed by atoms with Gasteiger partial charge in [-0.05, 0) is 46.5 Å². The third-order valence-electron chi connectivity index (χ3n) is 4.63. The Morgan fingerprint density at radius 2 is 1.76 bits per heavy atom. The van der Waals surface area contributed by atoms with Crippen LogP contribution >= 0.6 is 0 Å². The molecule has 3 aromatic rings. The Morgan fingerprint density at radius 3 is 2.44 bits per heavy atom. The van der Waals surface area contributed by atoms with E-state index in [4.69, 9.17) is 0 Å². The number of nitrogens with one attached hydrogen (secondary N) is 1. The molecule has 0 saturated carbocycles. The second-order valence-electron chi connectivity index (χ2n) is 7.70. The van der Waals surface area contributed by atoms with Crippen molar-refractivity contribution in [2.24, 2.45) is 7.05 Å². The minimum Gasteiger partial charge on any atom is -0.350 e. The molecule has 3 nitrogen and oxygen atoms in total. The zero-order valence-corrected chi connectivity index (χ0v) is 15.5. The molecule has 0 atom stereocenters. The average molecular weight is 334 g/mol. The van der Waals surface area contributed by atoms with Gasteiger partial charge in [-0.25, -0.2) is 0 Å². The summed E-state index contributed by atoms with van der Waals surface area (Å²) in [5, 5.41) is 4.18. The molecule has 2 aromatic carbocycles. The van der Waals surface area contributed by atoms with Gasteiger partial charge in [0.15, 0.2) is 0 Å². The van der Waals surface area contributed by atoms with Crippen molar-refractivity contribution in [3.8, 4) is 0 Å². The van der Waals surface area contributed by atoms with Crippen LogP contribution in [0.5, 0.6) is 0 Å². The highest BCUT2D eigenvalue weighted by atomic mass is 16.1. The first-order valence-electron chi connectivity index (χ1n) is 8.77. The van der Waals surface area contributed by atoms with Crippen molar-refractivity contribution < 1.29 is 4.79 Å². The lowest BCUT2D eigenvalue weighted by molar-refractivity contribution is -0.116. The highest BCUT2D eigenvalue weighted by molar-refractivity contribution is 5.93. The molecule has 0 spiro atoms. The average Bonchev–Trinajstić information content (AvgIpc) is 2.93. The summed E-state index contributed by atoms with van der Waals surface area (Å²) >= 11 is 0. The summed E-state index contributed by atoms with van der Waals surface area (Å²) in [4.78, 5) is 12.3. The Hall–Kier alpha value is -2.55. The number of rotatable bonds is 4. The molecule has 1 N–H and O–H groups in total. The van der Waals surface area contributed by atoms with Gasteiger partial charge >= 0.3 is 0 Å². The summed E-state index contributed by atoms with van der Waals surface area (Å²) in [7, 11) is 2.01. The zero-order valence-electron chi connectivity index (χ0n) is 15.5. The van der Waals surface area contributed by atoms with Gasteiger partial charge in [0.1, 0.15) is 0 Å². The van der Waals surface area contributed by atoms with E-state index in [1.807, 2.05) is 31.4 Å². The number of hydrogen-bond donors (Lipinski definition) is 1. The SMILES string of the molecule is Cn1ccc2ccc(NC(=O)CCc3ccc(C(C)(C)C)cc3)cc21. The molecule has 25 heavy (non-hydrogen) atoms. The van der Waals surface area contributed by atoms with Gasteiger partial charge in [0.25, 0.3) is 0 Å². The normalized spacial score (nSPS) is 11.7. The van der Waals surface area contributed by atoms with Crippen LogP contribution in [0.15, 0.2) is 54.7 Å². The summed E-state index contributed by atoms with van der Waals surface area (Å²) in [5.41, 5.74) is 4.64. The molecule has 1 aromatic heterocycles. The van der Waals surface area contributed by atoms with Gasteiger partial charge in [0, 0.05) is 30.9 Å². The highest BCUT2D eigenvalue weighted by Gasteiger charge is 2.13. The van der Waals surface area contributed by atoms with E-state index in [1.165, 1.54) is 16.5 Å². The van der Waals surface area contributed by atoms with Gasteiger partial charge in [-0.2, -0.15) is 0 Å². The molecule has 0 aliphatic rings.